The van der Waals surface area contributed by atoms with Crippen molar-refractivity contribution in [1.29, 1.82) is 5.41 Å². The molecule has 2 heterocycles. The molecule has 4 N–H and O–H groups in total. The van der Waals surface area contributed by atoms with E-state index >= 15 is 0 Å². The van der Waals surface area contributed by atoms with E-state index in [1.807, 2.05) is 48.0 Å². The summed E-state index contributed by atoms with van der Waals surface area (Å²) in [4.78, 5) is 4.66. The summed E-state index contributed by atoms with van der Waals surface area (Å²) in [5, 5.41) is 11.4. The number of para-hydroxylation sites is 2. The summed E-state index contributed by atoms with van der Waals surface area (Å²) in [5.74, 6) is 2.26. The molecule has 0 saturated heterocycles. The molecule has 0 fully saturated rings. The lowest BCUT2D eigenvalue weighted by atomic mass is 10.2. The molecule has 2 aromatic carbocycles. The van der Waals surface area contributed by atoms with Crippen LogP contribution in [0.3, 0.4) is 0 Å². The fourth-order valence-electron chi connectivity index (χ4n) is 3.19. The Morgan fingerprint density at radius 1 is 1.07 bits per heavy atom. The third-order valence-electron chi connectivity index (χ3n) is 4.58. The van der Waals surface area contributed by atoms with Gasteiger partial charge >= 0.3 is 0 Å². The molecule has 0 aliphatic heterocycles. The molecule has 0 spiro atoms. The van der Waals surface area contributed by atoms with Gasteiger partial charge in [0.25, 0.3) is 0 Å². The Labute approximate surface area is 155 Å². The number of nitrogen functional groups attached to an aromatic ring is 1. The van der Waals surface area contributed by atoms with Crippen molar-refractivity contribution in [3.63, 3.8) is 0 Å². The van der Waals surface area contributed by atoms with E-state index in [1.54, 1.807) is 25.0 Å². The first-order chi connectivity index (χ1) is 13.0. The van der Waals surface area contributed by atoms with E-state index in [2.05, 4.69) is 10.1 Å². The number of hydrogen-bond acceptors (Lipinski definition) is 5. The highest BCUT2D eigenvalue weighted by molar-refractivity contribution is 5.82. The Hall–Kier alpha value is -3.68. The first-order valence-electron chi connectivity index (χ1n) is 8.34. The minimum Gasteiger partial charge on any atom is -0.497 e. The molecule has 0 unspecified atom stereocenters. The number of nitrogens with two attached hydrogens (primary N) is 1. The molecule has 0 aliphatic carbocycles. The molecule has 138 valence electrons. The zero-order chi connectivity index (χ0) is 19.1. The number of methoxy groups -OCH3 is 2. The molecule has 0 radical (unpaired) electrons. The van der Waals surface area contributed by atoms with Crippen molar-refractivity contribution in [2.24, 2.45) is 7.05 Å². The number of anilines is 1. The number of ether oxygens (including phenoxy) is 2. The normalized spacial score (nSPS) is 11.1. The van der Waals surface area contributed by atoms with Gasteiger partial charge < -0.3 is 19.8 Å². The molecule has 0 aliphatic rings. The molecular formula is C19H20N6O2. The number of rotatable bonds is 4. The molecular weight excluding hydrogens is 344 g/mol. The zero-order valence-electron chi connectivity index (χ0n) is 15.3. The summed E-state index contributed by atoms with van der Waals surface area (Å²) in [6.07, 6.45) is 0. The van der Waals surface area contributed by atoms with E-state index in [0.29, 0.717) is 34.4 Å². The number of hydrogen-bond donors (Lipinski definition) is 3. The number of aromatic nitrogens is 4. The summed E-state index contributed by atoms with van der Waals surface area (Å²) < 4.78 is 14.2. The van der Waals surface area contributed by atoms with E-state index in [1.165, 1.54) is 0 Å². The van der Waals surface area contributed by atoms with Crippen molar-refractivity contribution in [2.45, 2.75) is 0 Å². The Morgan fingerprint density at radius 2 is 1.74 bits per heavy atom. The Bertz CT molecular complexity index is 1180. The molecule has 8 heteroatoms. The first kappa shape index (κ1) is 16.8. The van der Waals surface area contributed by atoms with Crippen LogP contribution in [0.4, 0.5) is 5.82 Å². The smallest absolute Gasteiger partial charge is 0.152 e. The second-order valence-electron chi connectivity index (χ2n) is 6.14. The monoisotopic (exact) mass is 364 g/mol. The number of nitrogens with zero attached hydrogens (tertiary/aromatic N) is 3. The molecule has 4 rings (SSSR count). The van der Waals surface area contributed by atoms with Crippen LogP contribution in [-0.2, 0) is 7.05 Å². The summed E-state index contributed by atoms with van der Waals surface area (Å²) in [7, 11) is 5.08. The summed E-state index contributed by atoms with van der Waals surface area (Å²) in [5.41, 5.74) is 9.65. The second kappa shape index (κ2) is 6.24. The fourth-order valence-corrected chi connectivity index (χ4v) is 3.19. The highest BCUT2D eigenvalue weighted by Gasteiger charge is 2.19. The van der Waals surface area contributed by atoms with Gasteiger partial charge in [0.1, 0.15) is 28.7 Å². The van der Waals surface area contributed by atoms with E-state index in [0.717, 1.165) is 11.0 Å². The lowest BCUT2D eigenvalue weighted by molar-refractivity contribution is 0.394. The number of aromatic amines is 1. The van der Waals surface area contributed by atoms with Crippen molar-refractivity contribution >= 4 is 16.9 Å². The summed E-state index contributed by atoms with van der Waals surface area (Å²) >= 11 is 0. The molecule has 0 saturated carbocycles. The van der Waals surface area contributed by atoms with Crippen molar-refractivity contribution in [2.75, 3.05) is 20.0 Å². The van der Waals surface area contributed by atoms with E-state index in [4.69, 9.17) is 20.6 Å². The van der Waals surface area contributed by atoms with Crippen LogP contribution in [-0.4, -0.2) is 33.6 Å². The van der Waals surface area contributed by atoms with Gasteiger partial charge in [-0.05, 0) is 12.1 Å². The van der Waals surface area contributed by atoms with Crippen LogP contribution in [0.5, 0.6) is 11.5 Å². The number of benzene rings is 2. The van der Waals surface area contributed by atoms with Gasteiger partial charge in [-0.2, -0.15) is 0 Å². The fraction of sp³-hybridized carbons (Fsp3) is 0.158. The standard InChI is InChI=1S/C19H20N6O2/c1-24-15-7-5-4-6-14(15)22-19(24)16-17(20)23-25(18(16)21)11-8-12(26-2)10-13(9-11)27-3/h4-10H,21H2,1-3H3,(H2,20,23). The van der Waals surface area contributed by atoms with Crippen LogP contribution in [0.25, 0.3) is 28.1 Å². The highest BCUT2D eigenvalue weighted by Crippen LogP contribution is 2.30. The lowest BCUT2D eigenvalue weighted by Crippen LogP contribution is -2.07. The third-order valence-corrected chi connectivity index (χ3v) is 4.58. The van der Waals surface area contributed by atoms with Crippen LogP contribution in [0, 0.1) is 5.41 Å². The van der Waals surface area contributed by atoms with Crippen LogP contribution >= 0.6 is 0 Å². The van der Waals surface area contributed by atoms with Gasteiger partial charge in [-0.15, -0.1) is 0 Å². The van der Waals surface area contributed by atoms with Gasteiger partial charge in [-0.3, -0.25) is 10.5 Å². The van der Waals surface area contributed by atoms with Crippen LogP contribution in [0.2, 0.25) is 0 Å². The van der Waals surface area contributed by atoms with Crippen molar-refractivity contribution in [3.8, 4) is 28.6 Å². The van der Waals surface area contributed by atoms with Crippen LogP contribution < -0.4 is 20.7 Å². The molecule has 0 bridgehead atoms. The van der Waals surface area contributed by atoms with E-state index in [-0.39, 0.29) is 5.49 Å². The van der Waals surface area contributed by atoms with Crippen LogP contribution in [0.1, 0.15) is 0 Å². The van der Waals surface area contributed by atoms with Crippen molar-refractivity contribution in [1.82, 2.24) is 19.3 Å². The highest BCUT2D eigenvalue weighted by atomic mass is 16.5. The molecule has 27 heavy (non-hydrogen) atoms. The SMILES string of the molecule is COc1cc(OC)cc(-n2[nH]c(=N)c(-c3nc4ccccc4n3C)c2N)c1. The van der Waals surface area contributed by atoms with Gasteiger partial charge in [0.2, 0.25) is 0 Å². The Kier molecular flexibility index (Phi) is 3.88. The van der Waals surface area contributed by atoms with Gasteiger partial charge in [-0.25, -0.2) is 9.67 Å². The second-order valence-corrected chi connectivity index (χ2v) is 6.14. The number of fused-ring (bicyclic) bond motifs is 1. The molecule has 0 amide bonds. The largest absolute Gasteiger partial charge is 0.497 e. The van der Waals surface area contributed by atoms with E-state index in [9.17, 15) is 0 Å². The van der Waals surface area contributed by atoms with E-state index < -0.39 is 0 Å². The first-order valence-corrected chi connectivity index (χ1v) is 8.34. The zero-order valence-corrected chi connectivity index (χ0v) is 15.3. The number of imidazole rings is 1. The maximum atomic E-state index is 8.41. The topological polar surface area (TPSA) is 107 Å². The summed E-state index contributed by atoms with van der Waals surface area (Å²) in [6, 6.07) is 13.2. The van der Waals surface area contributed by atoms with Gasteiger partial charge in [-0.1, -0.05) is 12.1 Å². The maximum Gasteiger partial charge on any atom is 0.152 e. The Balaban J connectivity index is 1.93. The third kappa shape index (κ3) is 2.62. The van der Waals surface area contributed by atoms with Gasteiger partial charge in [0.15, 0.2) is 5.49 Å². The predicted molar refractivity (Wildman–Crippen MR) is 103 cm³/mol. The average Bonchev–Trinajstić information content (AvgIpc) is 3.17. The van der Waals surface area contributed by atoms with Crippen molar-refractivity contribution in [3.05, 3.63) is 48.0 Å². The van der Waals surface area contributed by atoms with Crippen molar-refractivity contribution < 1.29 is 9.47 Å². The van der Waals surface area contributed by atoms with Gasteiger partial charge in [0, 0.05) is 25.2 Å². The van der Waals surface area contributed by atoms with Crippen LogP contribution in [0.15, 0.2) is 42.5 Å². The summed E-state index contributed by atoms with van der Waals surface area (Å²) in [6.45, 7) is 0. The minimum absolute atomic E-state index is 0.174. The molecule has 4 aromatic rings. The average molecular weight is 364 g/mol. The maximum absolute atomic E-state index is 8.41. The van der Waals surface area contributed by atoms with Gasteiger partial charge in [0.05, 0.1) is 30.9 Å². The molecule has 8 nitrogen and oxygen atoms in total. The molecule has 0 atom stereocenters. The Morgan fingerprint density at radius 3 is 2.37 bits per heavy atom. The number of H-pyrrole nitrogens is 1. The number of nitrogens with one attached hydrogen (secondary N) is 2. The molecule has 2 aromatic heterocycles. The quantitative estimate of drug-likeness (QED) is 0.517. The predicted octanol–water partition coefficient (Wildman–Crippen LogP) is 2.44. The number of aryl methyl sites for hydroxylation is 1. The minimum atomic E-state index is 0.174. The lowest BCUT2D eigenvalue weighted by Gasteiger charge is -2.10.